The third-order valence-corrected chi connectivity index (χ3v) is 5.38. The molecule has 6 heteroatoms. The summed E-state index contributed by atoms with van der Waals surface area (Å²) in [6.07, 6.45) is 7.79. The van der Waals surface area contributed by atoms with E-state index in [-0.39, 0.29) is 18.6 Å². The van der Waals surface area contributed by atoms with Crippen LogP contribution in [0.15, 0.2) is 0 Å². The zero-order valence-corrected chi connectivity index (χ0v) is 12.1. The molecule has 108 valence electrons. The van der Waals surface area contributed by atoms with Crippen molar-refractivity contribution in [3.8, 4) is 0 Å². The van der Waals surface area contributed by atoms with Crippen molar-refractivity contribution in [3.05, 3.63) is 0 Å². The fourth-order valence-corrected chi connectivity index (χ4v) is 3.29. The molecule has 2 rings (SSSR count). The second-order valence-corrected chi connectivity index (χ2v) is 6.76. The quantitative estimate of drug-likeness (QED) is 0.720. The molecular formula is C13H22N2O3S. The molecule has 0 heterocycles. The van der Waals surface area contributed by atoms with Crippen molar-refractivity contribution in [2.75, 3.05) is 12.8 Å². The number of urea groups is 1. The summed E-state index contributed by atoms with van der Waals surface area (Å²) in [5, 5.41) is 15.4. The third-order valence-electron chi connectivity index (χ3n) is 4.24. The van der Waals surface area contributed by atoms with Crippen molar-refractivity contribution < 1.29 is 14.7 Å². The number of carbonyl (C=O) groups is 2. The Hall–Kier alpha value is -0.910. The first kappa shape index (κ1) is 14.5. The zero-order valence-electron chi connectivity index (χ0n) is 11.3. The Morgan fingerprint density at radius 2 is 1.89 bits per heavy atom. The Balaban J connectivity index is 1.66. The van der Waals surface area contributed by atoms with Crippen LogP contribution in [0.25, 0.3) is 0 Å². The topological polar surface area (TPSA) is 78.4 Å². The minimum absolute atomic E-state index is 0.222. The maximum absolute atomic E-state index is 11.7. The molecule has 0 radical (unpaired) electrons. The Morgan fingerprint density at radius 3 is 2.37 bits per heavy atom. The summed E-state index contributed by atoms with van der Waals surface area (Å²) in [5.41, 5.74) is -0.687. The molecule has 2 aliphatic rings. The Labute approximate surface area is 117 Å². The molecule has 0 unspecified atom stereocenters. The molecule has 5 nitrogen and oxygen atoms in total. The van der Waals surface area contributed by atoms with Crippen molar-refractivity contribution in [2.45, 2.75) is 49.8 Å². The molecule has 2 amide bonds. The predicted molar refractivity (Wildman–Crippen MR) is 75.4 cm³/mol. The lowest BCUT2D eigenvalue weighted by molar-refractivity contribution is -0.143. The number of carbonyl (C=O) groups excluding carboxylic acids is 1. The third kappa shape index (κ3) is 3.78. The minimum Gasteiger partial charge on any atom is -0.481 e. The Morgan fingerprint density at radius 1 is 1.26 bits per heavy atom. The SMILES string of the molecule is CSC1CCC(NC(=O)NCC2(C(=O)O)CC2)CC1. The molecule has 0 aromatic carbocycles. The molecule has 0 aliphatic heterocycles. The van der Waals surface area contributed by atoms with Crippen LogP contribution in [0.4, 0.5) is 4.79 Å². The second kappa shape index (κ2) is 6.03. The minimum atomic E-state index is -0.798. The molecule has 0 bridgehead atoms. The van der Waals surface area contributed by atoms with Gasteiger partial charge in [0, 0.05) is 17.8 Å². The highest BCUT2D eigenvalue weighted by Gasteiger charge is 2.50. The van der Waals surface area contributed by atoms with Crippen LogP contribution < -0.4 is 10.6 Å². The fourth-order valence-electron chi connectivity index (χ4n) is 2.55. The van der Waals surface area contributed by atoms with Gasteiger partial charge in [0.2, 0.25) is 0 Å². The zero-order chi connectivity index (χ0) is 13.9. The van der Waals surface area contributed by atoms with Gasteiger partial charge >= 0.3 is 12.0 Å². The van der Waals surface area contributed by atoms with Crippen molar-refractivity contribution in [2.24, 2.45) is 5.41 Å². The number of carboxylic acid groups (broad SMARTS) is 1. The number of hydrogen-bond donors (Lipinski definition) is 3. The van der Waals surface area contributed by atoms with Crippen LogP contribution in [0.3, 0.4) is 0 Å². The lowest BCUT2D eigenvalue weighted by Gasteiger charge is -2.28. The van der Waals surface area contributed by atoms with Gasteiger partial charge in [-0.05, 0) is 44.8 Å². The largest absolute Gasteiger partial charge is 0.481 e. The first-order valence-corrected chi connectivity index (χ1v) is 8.15. The van der Waals surface area contributed by atoms with Gasteiger partial charge in [-0.2, -0.15) is 11.8 Å². The monoisotopic (exact) mass is 286 g/mol. The summed E-state index contributed by atoms with van der Waals surface area (Å²) in [5.74, 6) is -0.798. The van der Waals surface area contributed by atoms with Gasteiger partial charge in [-0.3, -0.25) is 4.79 Å². The van der Waals surface area contributed by atoms with Gasteiger partial charge in [0.1, 0.15) is 0 Å². The van der Waals surface area contributed by atoms with E-state index in [9.17, 15) is 9.59 Å². The molecule has 19 heavy (non-hydrogen) atoms. The lowest BCUT2D eigenvalue weighted by atomic mass is 9.95. The van der Waals surface area contributed by atoms with Gasteiger partial charge in [-0.25, -0.2) is 4.79 Å². The maximum atomic E-state index is 11.7. The highest BCUT2D eigenvalue weighted by molar-refractivity contribution is 7.99. The van der Waals surface area contributed by atoms with Gasteiger partial charge in [-0.1, -0.05) is 0 Å². The molecule has 2 fully saturated rings. The van der Waals surface area contributed by atoms with E-state index in [4.69, 9.17) is 5.11 Å². The smallest absolute Gasteiger partial charge is 0.315 e. The maximum Gasteiger partial charge on any atom is 0.315 e. The Bertz CT molecular complexity index is 350. The number of aliphatic carboxylic acids is 1. The molecular weight excluding hydrogens is 264 g/mol. The van der Waals surface area contributed by atoms with E-state index in [2.05, 4.69) is 16.9 Å². The summed E-state index contributed by atoms with van der Waals surface area (Å²) in [4.78, 5) is 22.7. The number of carboxylic acids is 1. The average molecular weight is 286 g/mol. The summed E-state index contributed by atoms with van der Waals surface area (Å²) >= 11 is 1.90. The highest BCUT2D eigenvalue weighted by Crippen LogP contribution is 2.45. The molecule has 3 N–H and O–H groups in total. The number of thioether (sulfide) groups is 1. The number of nitrogens with one attached hydrogen (secondary N) is 2. The average Bonchev–Trinajstić information content (AvgIpc) is 3.18. The summed E-state index contributed by atoms with van der Waals surface area (Å²) < 4.78 is 0. The van der Waals surface area contributed by atoms with Crippen LogP contribution in [0.1, 0.15) is 38.5 Å². The lowest BCUT2D eigenvalue weighted by Crippen LogP contribution is -2.46. The van der Waals surface area contributed by atoms with Crippen molar-refractivity contribution in [1.82, 2.24) is 10.6 Å². The predicted octanol–water partition coefficient (Wildman–Crippen LogP) is 1.82. The van der Waals surface area contributed by atoms with Crippen LogP contribution in [-0.4, -0.2) is 41.2 Å². The molecule has 0 aromatic rings. The van der Waals surface area contributed by atoms with Crippen molar-refractivity contribution >= 4 is 23.8 Å². The number of hydrogen-bond acceptors (Lipinski definition) is 3. The fraction of sp³-hybridized carbons (Fsp3) is 0.846. The molecule has 0 saturated heterocycles. The number of amides is 2. The van der Waals surface area contributed by atoms with E-state index < -0.39 is 11.4 Å². The molecule has 2 aliphatic carbocycles. The standard InChI is InChI=1S/C13H22N2O3S/c1-19-10-4-2-9(3-5-10)15-12(18)14-8-13(6-7-13)11(16)17/h9-10H,2-8H2,1H3,(H,16,17)(H2,14,15,18). The van der Waals surface area contributed by atoms with E-state index >= 15 is 0 Å². The van der Waals surface area contributed by atoms with Gasteiger partial charge in [0.15, 0.2) is 0 Å². The molecule has 0 spiro atoms. The first-order chi connectivity index (χ1) is 9.05. The first-order valence-electron chi connectivity index (χ1n) is 6.86. The van der Waals surface area contributed by atoms with E-state index in [1.54, 1.807) is 0 Å². The van der Waals surface area contributed by atoms with Gasteiger partial charge < -0.3 is 15.7 Å². The van der Waals surface area contributed by atoms with E-state index in [1.807, 2.05) is 11.8 Å². The Kier molecular flexibility index (Phi) is 4.60. The van der Waals surface area contributed by atoms with Gasteiger partial charge in [0.25, 0.3) is 0 Å². The number of rotatable bonds is 5. The van der Waals surface area contributed by atoms with E-state index in [0.29, 0.717) is 12.8 Å². The molecule has 2 saturated carbocycles. The van der Waals surface area contributed by atoms with Gasteiger partial charge in [-0.15, -0.1) is 0 Å². The van der Waals surface area contributed by atoms with Crippen LogP contribution in [-0.2, 0) is 4.79 Å². The van der Waals surface area contributed by atoms with E-state index in [0.717, 1.165) is 30.9 Å². The molecule has 0 atom stereocenters. The summed E-state index contributed by atoms with van der Waals surface area (Å²) in [7, 11) is 0. The second-order valence-electron chi connectivity index (χ2n) is 5.62. The molecule has 0 aromatic heterocycles. The van der Waals surface area contributed by atoms with Crippen LogP contribution in [0, 0.1) is 5.41 Å². The van der Waals surface area contributed by atoms with E-state index in [1.165, 1.54) is 0 Å². The van der Waals surface area contributed by atoms with Crippen molar-refractivity contribution in [1.29, 1.82) is 0 Å². The highest BCUT2D eigenvalue weighted by atomic mass is 32.2. The van der Waals surface area contributed by atoms with Crippen LogP contribution in [0.5, 0.6) is 0 Å². The van der Waals surface area contributed by atoms with Crippen LogP contribution >= 0.6 is 11.8 Å². The van der Waals surface area contributed by atoms with Gasteiger partial charge in [0.05, 0.1) is 5.41 Å². The normalized spacial score (nSPS) is 28.5. The van der Waals surface area contributed by atoms with Crippen LogP contribution in [0.2, 0.25) is 0 Å². The van der Waals surface area contributed by atoms with Crippen molar-refractivity contribution in [3.63, 3.8) is 0 Å². The summed E-state index contributed by atoms with van der Waals surface area (Å²) in [6, 6.07) is 0.0171. The summed E-state index contributed by atoms with van der Waals surface area (Å²) in [6.45, 7) is 0.244.